The molecule has 0 radical (unpaired) electrons. The van der Waals surface area contributed by atoms with Crippen molar-refractivity contribution in [1.82, 2.24) is 4.37 Å². The Balaban J connectivity index is 2.76. The summed E-state index contributed by atoms with van der Waals surface area (Å²) in [6.07, 6.45) is 0. The fourth-order valence-corrected chi connectivity index (χ4v) is 1.13. The van der Waals surface area contributed by atoms with Crippen molar-refractivity contribution in [2.24, 2.45) is 0 Å². The normalized spacial score (nSPS) is 9.29. The van der Waals surface area contributed by atoms with E-state index >= 15 is 0 Å². The van der Waals surface area contributed by atoms with Crippen LogP contribution in [-0.4, -0.2) is 4.37 Å². The first kappa shape index (κ1) is 5.12. The molecule has 0 aliphatic heterocycles. The zero-order chi connectivity index (χ0) is 5.11. The van der Waals surface area contributed by atoms with Gasteiger partial charge < -0.3 is 0 Å². The van der Waals surface area contributed by atoms with Gasteiger partial charge in [0.2, 0.25) is 0 Å². The lowest BCUT2D eigenvalue weighted by atomic mass is 10.5. The third-order valence-electron chi connectivity index (χ3n) is 0.653. The van der Waals surface area contributed by atoms with E-state index in [1.807, 2.05) is 11.4 Å². The van der Waals surface area contributed by atoms with E-state index in [0.717, 1.165) is 11.4 Å². The lowest BCUT2D eigenvalue weighted by molar-refractivity contribution is 1.31. The van der Waals surface area contributed by atoms with Gasteiger partial charge in [-0.3, -0.25) is 0 Å². The summed E-state index contributed by atoms with van der Waals surface area (Å²) in [7, 11) is 0. The van der Waals surface area contributed by atoms with Crippen molar-refractivity contribution in [3.8, 4) is 0 Å². The molecule has 1 aromatic heterocycles. The van der Waals surface area contributed by atoms with Crippen molar-refractivity contribution in [2.75, 3.05) is 0 Å². The summed E-state index contributed by atoms with van der Waals surface area (Å²) in [5.41, 5.74) is 1.06. The molecular weight excluding hydrogens is 126 g/mol. The zero-order valence-corrected chi connectivity index (χ0v) is 5.38. The van der Waals surface area contributed by atoms with Crippen molar-refractivity contribution in [3.05, 3.63) is 17.1 Å². The van der Waals surface area contributed by atoms with Crippen LogP contribution in [0.2, 0.25) is 0 Å². The van der Waals surface area contributed by atoms with Crippen molar-refractivity contribution in [2.45, 2.75) is 5.75 Å². The molecule has 0 fully saturated rings. The molecule has 0 aromatic carbocycles. The molecule has 0 saturated heterocycles. The van der Waals surface area contributed by atoms with Gasteiger partial charge >= 0.3 is 0 Å². The minimum atomic E-state index is 0.753. The number of hydrogen-bond acceptors (Lipinski definition) is 3. The van der Waals surface area contributed by atoms with Gasteiger partial charge in [-0.25, -0.2) is 0 Å². The SMILES string of the molecule is SCc1ccsn1. The second-order valence-corrected chi connectivity index (χ2v) is 2.13. The maximum Gasteiger partial charge on any atom is 0.0638 e. The summed E-state index contributed by atoms with van der Waals surface area (Å²) in [5, 5.41) is 1.95. The van der Waals surface area contributed by atoms with E-state index in [2.05, 4.69) is 17.0 Å². The zero-order valence-electron chi connectivity index (χ0n) is 3.66. The molecule has 0 aliphatic rings. The fraction of sp³-hybridized carbons (Fsp3) is 0.250. The van der Waals surface area contributed by atoms with E-state index in [-0.39, 0.29) is 0 Å². The fourth-order valence-electron chi connectivity index (χ4n) is 0.319. The average molecular weight is 131 g/mol. The largest absolute Gasteiger partial charge is 0.197 e. The first-order valence-corrected chi connectivity index (χ1v) is 3.40. The van der Waals surface area contributed by atoms with Gasteiger partial charge in [0.15, 0.2) is 0 Å². The molecule has 0 bridgehead atoms. The van der Waals surface area contributed by atoms with Crippen LogP contribution >= 0.6 is 24.2 Å². The van der Waals surface area contributed by atoms with Crippen LogP contribution in [0.1, 0.15) is 5.69 Å². The standard InChI is InChI=1S/C4H5NS2/c6-3-4-1-2-7-5-4/h1-2,6H,3H2. The molecule has 0 spiro atoms. The summed E-state index contributed by atoms with van der Waals surface area (Å²) in [6, 6.07) is 1.97. The predicted octanol–water partition coefficient (Wildman–Crippen LogP) is 1.57. The van der Waals surface area contributed by atoms with Crippen LogP contribution < -0.4 is 0 Å². The van der Waals surface area contributed by atoms with Crippen molar-refractivity contribution in [3.63, 3.8) is 0 Å². The van der Waals surface area contributed by atoms with Gasteiger partial charge in [-0.2, -0.15) is 17.0 Å². The van der Waals surface area contributed by atoms with Crippen LogP contribution in [0.15, 0.2) is 11.4 Å². The Morgan fingerprint density at radius 2 is 2.71 bits per heavy atom. The highest BCUT2D eigenvalue weighted by molar-refractivity contribution is 7.79. The highest BCUT2D eigenvalue weighted by Gasteiger charge is 1.85. The maximum absolute atomic E-state index is 4.02. The molecule has 1 nitrogen and oxygen atoms in total. The van der Waals surface area contributed by atoms with Crippen LogP contribution in [0.25, 0.3) is 0 Å². The Morgan fingerprint density at radius 1 is 1.86 bits per heavy atom. The molecule has 0 aliphatic carbocycles. The van der Waals surface area contributed by atoms with Crippen molar-refractivity contribution in [1.29, 1.82) is 0 Å². The average Bonchev–Trinajstić information content (AvgIpc) is 2.14. The molecule has 0 amide bonds. The minimum absolute atomic E-state index is 0.753. The Bertz CT molecular complexity index is 124. The van der Waals surface area contributed by atoms with Gasteiger partial charge in [0.25, 0.3) is 0 Å². The predicted molar refractivity (Wildman–Crippen MR) is 34.8 cm³/mol. The Kier molecular flexibility index (Phi) is 1.70. The Morgan fingerprint density at radius 3 is 3.00 bits per heavy atom. The molecule has 1 rings (SSSR count). The summed E-state index contributed by atoms with van der Waals surface area (Å²) < 4.78 is 4.00. The minimum Gasteiger partial charge on any atom is -0.197 e. The summed E-state index contributed by atoms with van der Waals surface area (Å²) >= 11 is 5.49. The quantitative estimate of drug-likeness (QED) is 0.571. The van der Waals surface area contributed by atoms with Crippen molar-refractivity contribution >= 4 is 24.2 Å². The topological polar surface area (TPSA) is 12.9 Å². The first-order valence-electron chi connectivity index (χ1n) is 1.93. The second-order valence-electron chi connectivity index (χ2n) is 1.15. The monoisotopic (exact) mass is 131 g/mol. The third kappa shape index (κ3) is 1.17. The number of nitrogens with zero attached hydrogens (tertiary/aromatic N) is 1. The lowest BCUT2D eigenvalue weighted by Gasteiger charge is -1.76. The van der Waals surface area contributed by atoms with Crippen LogP contribution in [0.3, 0.4) is 0 Å². The van der Waals surface area contributed by atoms with E-state index in [0.29, 0.717) is 0 Å². The van der Waals surface area contributed by atoms with E-state index in [1.54, 1.807) is 0 Å². The van der Waals surface area contributed by atoms with Gasteiger partial charge in [-0.05, 0) is 17.6 Å². The van der Waals surface area contributed by atoms with Crippen molar-refractivity contribution < 1.29 is 0 Å². The molecule has 0 atom stereocenters. The number of rotatable bonds is 1. The van der Waals surface area contributed by atoms with Crippen LogP contribution in [0.4, 0.5) is 0 Å². The Labute approximate surface area is 52.0 Å². The third-order valence-corrected chi connectivity index (χ3v) is 1.57. The lowest BCUT2D eigenvalue weighted by Crippen LogP contribution is -1.69. The maximum atomic E-state index is 4.02. The summed E-state index contributed by atoms with van der Waals surface area (Å²) in [5.74, 6) is 0.753. The number of thiol groups is 1. The van der Waals surface area contributed by atoms with Gasteiger partial charge in [-0.1, -0.05) is 0 Å². The molecule has 0 N–H and O–H groups in total. The molecule has 0 saturated carbocycles. The van der Waals surface area contributed by atoms with Gasteiger partial charge in [-0.15, -0.1) is 0 Å². The molecule has 1 heterocycles. The van der Waals surface area contributed by atoms with E-state index in [1.165, 1.54) is 11.5 Å². The molecular formula is C4H5NS2. The Hall–Kier alpha value is -0.0200. The van der Waals surface area contributed by atoms with Gasteiger partial charge in [0, 0.05) is 11.1 Å². The van der Waals surface area contributed by atoms with Crippen LogP contribution in [-0.2, 0) is 5.75 Å². The number of aromatic nitrogens is 1. The molecule has 38 valence electrons. The van der Waals surface area contributed by atoms with Gasteiger partial charge in [0.05, 0.1) is 5.69 Å². The van der Waals surface area contributed by atoms with E-state index in [4.69, 9.17) is 0 Å². The smallest absolute Gasteiger partial charge is 0.0638 e. The number of hydrogen-bond donors (Lipinski definition) is 1. The van der Waals surface area contributed by atoms with Crippen LogP contribution in [0.5, 0.6) is 0 Å². The summed E-state index contributed by atoms with van der Waals surface area (Å²) in [4.78, 5) is 0. The molecule has 3 heteroatoms. The van der Waals surface area contributed by atoms with E-state index < -0.39 is 0 Å². The second kappa shape index (κ2) is 2.33. The molecule has 1 aromatic rings. The highest BCUT2D eigenvalue weighted by atomic mass is 32.1. The summed E-state index contributed by atoms with van der Waals surface area (Å²) in [6.45, 7) is 0. The highest BCUT2D eigenvalue weighted by Crippen LogP contribution is 2.01. The molecule has 0 unspecified atom stereocenters. The van der Waals surface area contributed by atoms with E-state index in [9.17, 15) is 0 Å². The molecule has 7 heavy (non-hydrogen) atoms. The van der Waals surface area contributed by atoms with Crippen LogP contribution in [0, 0.1) is 0 Å². The first-order chi connectivity index (χ1) is 3.43. The van der Waals surface area contributed by atoms with Gasteiger partial charge in [0.1, 0.15) is 0 Å².